The molecule has 0 spiro atoms. The molecule has 12 heteroatoms. The van der Waals surface area contributed by atoms with E-state index in [9.17, 15) is 13.2 Å². The molecule has 0 aliphatic carbocycles. The van der Waals surface area contributed by atoms with E-state index >= 15 is 0 Å². The highest BCUT2D eigenvalue weighted by atomic mass is 32.2. The van der Waals surface area contributed by atoms with Crippen LogP contribution in [0.4, 0.5) is 0 Å². The zero-order valence-corrected chi connectivity index (χ0v) is 19.0. The Balaban J connectivity index is 1.33. The van der Waals surface area contributed by atoms with Gasteiger partial charge in [0.05, 0.1) is 23.4 Å². The average Bonchev–Trinajstić information content (AvgIpc) is 3.32. The third-order valence-corrected chi connectivity index (χ3v) is 7.87. The first kappa shape index (κ1) is 22.2. The van der Waals surface area contributed by atoms with Crippen molar-refractivity contribution in [3.63, 3.8) is 0 Å². The Bertz CT molecular complexity index is 1160. The molecule has 0 atom stereocenters. The van der Waals surface area contributed by atoms with Crippen molar-refractivity contribution in [1.29, 1.82) is 0 Å². The van der Waals surface area contributed by atoms with Crippen LogP contribution in [0.3, 0.4) is 0 Å². The molecule has 1 aliphatic heterocycles. The number of sulfonamides is 1. The van der Waals surface area contributed by atoms with Gasteiger partial charge in [0.25, 0.3) is 0 Å². The fraction of sp³-hybridized carbons (Fsp3) is 0.300. The first-order chi connectivity index (χ1) is 15.5. The Kier molecular flexibility index (Phi) is 6.72. The van der Waals surface area contributed by atoms with Crippen LogP contribution in [0.1, 0.15) is 0 Å². The molecule has 32 heavy (non-hydrogen) atoms. The third kappa shape index (κ3) is 4.76. The van der Waals surface area contributed by atoms with E-state index < -0.39 is 10.0 Å². The Morgan fingerprint density at radius 2 is 1.72 bits per heavy atom. The monoisotopic (exact) mass is 474 g/mol. The molecule has 1 amide bonds. The van der Waals surface area contributed by atoms with Crippen molar-refractivity contribution in [2.75, 3.05) is 39.0 Å². The number of methoxy groups -OCH3 is 1. The molecule has 1 fully saturated rings. The standard InChI is InChI=1S/C20H22N6O4S2/c1-30-17-9-7-16(8-10-17)26-20(21-22-23-26)31-15-19(27)24-11-13-25(14-12-24)32(28,29)18-5-3-2-4-6-18/h2-10H,11-15H2,1H3. The van der Waals surface area contributed by atoms with Crippen molar-refractivity contribution in [3.05, 3.63) is 54.6 Å². The van der Waals surface area contributed by atoms with Crippen molar-refractivity contribution < 1.29 is 17.9 Å². The number of nitrogens with zero attached hydrogens (tertiary/aromatic N) is 6. The van der Waals surface area contributed by atoms with Gasteiger partial charge in [-0.1, -0.05) is 30.0 Å². The molecule has 0 bridgehead atoms. The van der Waals surface area contributed by atoms with E-state index in [4.69, 9.17) is 4.74 Å². The number of aromatic nitrogens is 4. The largest absolute Gasteiger partial charge is 0.497 e. The highest BCUT2D eigenvalue weighted by molar-refractivity contribution is 7.99. The molecule has 168 valence electrons. The molecular weight excluding hydrogens is 452 g/mol. The van der Waals surface area contributed by atoms with Crippen molar-refractivity contribution >= 4 is 27.7 Å². The quantitative estimate of drug-likeness (QED) is 0.471. The van der Waals surface area contributed by atoms with Crippen LogP contribution >= 0.6 is 11.8 Å². The van der Waals surface area contributed by atoms with Crippen molar-refractivity contribution in [2.24, 2.45) is 0 Å². The minimum atomic E-state index is -3.55. The van der Waals surface area contributed by atoms with Crippen LogP contribution in [0.25, 0.3) is 5.69 Å². The second-order valence-corrected chi connectivity index (χ2v) is 9.84. The average molecular weight is 475 g/mol. The Morgan fingerprint density at radius 1 is 1.03 bits per heavy atom. The number of carbonyl (C=O) groups is 1. The Morgan fingerprint density at radius 3 is 2.38 bits per heavy atom. The van der Waals surface area contributed by atoms with Crippen LogP contribution in [-0.4, -0.2) is 82.8 Å². The van der Waals surface area contributed by atoms with Gasteiger partial charge >= 0.3 is 0 Å². The fourth-order valence-electron chi connectivity index (χ4n) is 3.29. The number of carbonyl (C=O) groups excluding carboxylic acids is 1. The summed E-state index contributed by atoms with van der Waals surface area (Å²) in [7, 11) is -1.96. The minimum absolute atomic E-state index is 0.0870. The fourth-order valence-corrected chi connectivity index (χ4v) is 5.53. The number of amides is 1. The number of hydrogen-bond acceptors (Lipinski definition) is 8. The summed E-state index contributed by atoms with van der Waals surface area (Å²) >= 11 is 1.24. The molecule has 0 saturated carbocycles. The summed E-state index contributed by atoms with van der Waals surface area (Å²) in [5, 5.41) is 12.2. The maximum atomic E-state index is 12.7. The summed E-state index contributed by atoms with van der Waals surface area (Å²) in [4.78, 5) is 14.6. The van der Waals surface area contributed by atoms with E-state index in [-0.39, 0.29) is 29.6 Å². The van der Waals surface area contributed by atoms with Gasteiger partial charge in [-0.3, -0.25) is 4.79 Å². The van der Waals surface area contributed by atoms with Crippen LogP contribution in [0, 0.1) is 0 Å². The van der Waals surface area contributed by atoms with E-state index in [1.54, 1.807) is 59.2 Å². The summed E-state index contributed by atoms with van der Waals surface area (Å²) in [6.45, 7) is 1.21. The number of tetrazole rings is 1. The zero-order valence-electron chi connectivity index (χ0n) is 17.4. The molecule has 10 nitrogen and oxygen atoms in total. The number of thioether (sulfide) groups is 1. The van der Waals surface area contributed by atoms with E-state index in [0.29, 0.717) is 18.2 Å². The molecule has 4 rings (SSSR count). The lowest BCUT2D eigenvalue weighted by Gasteiger charge is -2.34. The molecule has 2 aromatic carbocycles. The highest BCUT2D eigenvalue weighted by Crippen LogP contribution is 2.22. The number of piperazine rings is 1. The molecule has 1 aromatic heterocycles. The van der Waals surface area contributed by atoms with E-state index in [1.165, 1.54) is 16.1 Å². The summed E-state index contributed by atoms with van der Waals surface area (Å²) in [5.41, 5.74) is 0.755. The maximum absolute atomic E-state index is 12.7. The van der Waals surface area contributed by atoms with Gasteiger partial charge in [0.1, 0.15) is 5.75 Å². The molecule has 2 heterocycles. The van der Waals surface area contributed by atoms with Gasteiger partial charge in [-0.25, -0.2) is 8.42 Å². The minimum Gasteiger partial charge on any atom is -0.497 e. The molecule has 0 unspecified atom stereocenters. The molecule has 1 aliphatic rings. The van der Waals surface area contributed by atoms with E-state index in [1.807, 2.05) is 12.1 Å². The lowest BCUT2D eigenvalue weighted by atomic mass is 10.3. The van der Waals surface area contributed by atoms with Crippen molar-refractivity contribution in [2.45, 2.75) is 10.1 Å². The second kappa shape index (κ2) is 9.67. The van der Waals surface area contributed by atoms with Gasteiger partial charge in [-0.15, -0.1) is 5.10 Å². The topological polar surface area (TPSA) is 111 Å². The number of rotatable bonds is 7. The smallest absolute Gasteiger partial charge is 0.243 e. The highest BCUT2D eigenvalue weighted by Gasteiger charge is 2.30. The maximum Gasteiger partial charge on any atom is 0.243 e. The molecule has 0 radical (unpaired) electrons. The van der Waals surface area contributed by atoms with Gasteiger partial charge < -0.3 is 9.64 Å². The molecule has 3 aromatic rings. The SMILES string of the molecule is COc1ccc(-n2nnnc2SCC(=O)N2CCN(S(=O)(=O)c3ccccc3)CC2)cc1. The predicted molar refractivity (Wildman–Crippen MR) is 118 cm³/mol. The first-order valence-corrected chi connectivity index (χ1v) is 12.3. The van der Waals surface area contributed by atoms with Crippen molar-refractivity contribution in [3.8, 4) is 11.4 Å². The Hall–Kier alpha value is -2.96. The van der Waals surface area contributed by atoms with Crippen LogP contribution in [0.5, 0.6) is 5.75 Å². The van der Waals surface area contributed by atoms with Gasteiger partial charge in [0.15, 0.2) is 0 Å². The van der Waals surface area contributed by atoms with Gasteiger partial charge in [0.2, 0.25) is 21.1 Å². The summed E-state index contributed by atoms with van der Waals surface area (Å²) in [5.74, 6) is 0.790. The van der Waals surface area contributed by atoms with Crippen molar-refractivity contribution in [1.82, 2.24) is 29.4 Å². The zero-order chi connectivity index (χ0) is 22.6. The summed E-state index contributed by atoms with van der Waals surface area (Å²) in [6, 6.07) is 15.6. The van der Waals surface area contributed by atoms with Crippen LogP contribution < -0.4 is 4.74 Å². The molecule has 0 N–H and O–H groups in total. The normalized spacial score (nSPS) is 15.0. The van der Waals surface area contributed by atoms with Gasteiger partial charge in [-0.05, 0) is 46.8 Å². The van der Waals surface area contributed by atoms with Crippen LogP contribution in [0.15, 0.2) is 64.6 Å². The third-order valence-electron chi connectivity index (χ3n) is 5.05. The second-order valence-electron chi connectivity index (χ2n) is 6.96. The lowest BCUT2D eigenvalue weighted by molar-refractivity contribution is -0.129. The number of benzene rings is 2. The Labute approximate surface area is 190 Å². The van der Waals surface area contributed by atoms with E-state index in [2.05, 4.69) is 15.5 Å². The van der Waals surface area contributed by atoms with Gasteiger partial charge in [0, 0.05) is 26.2 Å². The van der Waals surface area contributed by atoms with Gasteiger partial charge in [-0.2, -0.15) is 8.99 Å². The lowest BCUT2D eigenvalue weighted by Crippen LogP contribution is -2.50. The molecular formula is C20H22N6O4S2. The number of ether oxygens (including phenoxy) is 1. The van der Waals surface area contributed by atoms with E-state index in [0.717, 1.165) is 11.4 Å². The summed E-state index contributed by atoms with van der Waals surface area (Å²) in [6.07, 6.45) is 0. The first-order valence-electron chi connectivity index (χ1n) is 9.87. The van der Waals surface area contributed by atoms with Crippen LogP contribution in [-0.2, 0) is 14.8 Å². The number of hydrogen-bond donors (Lipinski definition) is 0. The summed E-state index contributed by atoms with van der Waals surface area (Å²) < 4.78 is 33.6. The van der Waals surface area contributed by atoms with Crippen LogP contribution in [0.2, 0.25) is 0 Å². The molecule has 1 saturated heterocycles. The predicted octanol–water partition coefficient (Wildman–Crippen LogP) is 1.30.